The SMILES string of the molecule is CC(=O)c1c(F)cccc1Sc1cccs1. The summed E-state index contributed by atoms with van der Waals surface area (Å²) < 4.78 is 14.5. The van der Waals surface area contributed by atoms with E-state index in [1.165, 1.54) is 24.8 Å². The molecular weight excluding hydrogens is 243 g/mol. The Hall–Kier alpha value is -1.13. The number of Topliss-reactive ketones (excluding diaryl/α,β-unsaturated/α-hetero) is 1. The van der Waals surface area contributed by atoms with Crippen LogP contribution < -0.4 is 0 Å². The number of ketones is 1. The fourth-order valence-corrected chi connectivity index (χ4v) is 3.29. The van der Waals surface area contributed by atoms with E-state index in [1.807, 2.05) is 17.5 Å². The van der Waals surface area contributed by atoms with Crippen molar-refractivity contribution in [3.63, 3.8) is 0 Å². The maximum atomic E-state index is 13.5. The third kappa shape index (κ3) is 2.33. The molecule has 0 aliphatic heterocycles. The van der Waals surface area contributed by atoms with Gasteiger partial charge in [0, 0.05) is 4.90 Å². The predicted molar refractivity (Wildman–Crippen MR) is 64.8 cm³/mol. The van der Waals surface area contributed by atoms with Crippen molar-refractivity contribution in [1.29, 1.82) is 0 Å². The number of benzene rings is 1. The molecule has 4 heteroatoms. The Kier molecular flexibility index (Phi) is 3.41. The fraction of sp³-hybridized carbons (Fsp3) is 0.0833. The van der Waals surface area contributed by atoms with E-state index in [1.54, 1.807) is 23.5 Å². The second kappa shape index (κ2) is 4.80. The third-order valence-corrected chi connectivity index (χ3v) is 4.13. The van der Waals surface area contributed by atoms with Gasteiger partial charge in [0.05, 0.1) is 9.77 Å². The summed E-state index contributed by atoms with van der Waals surface area (Å²) in [4.78, 5) is 12.0. The number of carbonyl (C=O) groups excluding carboxylic acids is 1. The molecule has 16 heavy (non-hydrogen) atoms. The normalized spacial score (nSPS) is 10.4. The Balaban J connectivity index is 2.40. The van der Waals surface area contributed by atoms with Crippen molar-refractivity contribution in [2.75, 3.05) is 0 Å². The van der Waals surface area contributed by atoms with Crippen molar-refractivity contribution in [2.24, 2.45) is 0 Å². The number of hydrogen-bond acceptors (Lipinski definition) is 3. The minimum Gasteiger partial charge on any atom is -0.294 e. The molecule has 0 saturated carbocycles. The lowest BCUT2D eigenvalue weighted by atomic mass is 10.1. The first kappa shape index (κ1) is 11.4. The molecule has 1 aromatic carbocycles. The standard InChI is InChI=1S/C12H9FOS2/c1-8(14)12-9(13)4-2-5-10(12)16-11-6-3-7-15-11/h2-7H,1H3. The van der Waals surface area contributed by atoms with E-state index >= 15 is 0 Å². The highest BCUT2D eigenvalue weighted by Crippen LogP contribution is 2.34. The van der Waals surface area contributed by atoms with Gasteiger partial charge in [0.1, 0.15) is 5.82 Å². The lowest BCUT2D eigenvalue weighted by Gasteiger charge is -2.05. The molecule has 2 rings (SSSR count). The van der Waals surface area contributed by atoms with Gasteiger partial charge in [-0.1, -0.05) is 23.9 Å². The second-order valence-corrected chi connectivity index (χ2v) is 5.49. The average Bonchev–Trinajstić information content (AvgIpc) is 2.70. The summed E-state index contributed by atoms with van der Waals surface area (Å²) in [6, 6.07) is 8.58. The van der Waals surface area contributed by atoms with Gasteiger partial charge >= 0.3 is 0 Å². The van der Waals surface area contributed by atoms with E-state index in [-0.39, 0.29) is 11.3 Å². The fourth-order valence-electron chi connectivity index (χ4n) is 1.36. The summed E-state index contributed by atoms with van der Waals surface area (Å²) in [5, 5.41) is 1.95. The number of hydrogen-bond donors (Lipinski definition) is 0. The van der Waals surface area contributed by atoms with Crippen LogP contribution in [0.25, 0.3) is 0 Å². The van der Waals surface area contributed by atoms with Gasteiger partial charge in [-0.15, -0.1) is 11.3 Å². The van der Waals surface area contributed by atoms with E-state index in [4.69, 9.17) is 0 Å². The molecule has 0 aliphatic carbocycles. The van der Waals surface area contributed by atoms with Crippen molar-refractivity contribution in [3.8, 4) is 0 Å². The molecule has 0 fully saturated rings. The first-order valence-corrected chi connectivity index (χ1v) is 6.39. The van der Waals surface area contributed by atoms with Crippen LogP contribution in [-0.2, 0) is 0 Å². The van der Waals surface area contributed by atoms with Crippen LogP contribution >= 0.6 is 23.1 Å². The first-order chi connectivity index (χ1) is 7.68. The maximum absolute atomic E-state index is 13.5. The summed E-state index contributed by atoms with van der Waals surface area (Å²) in [5.41, 5.74) is 0.181. The van der Waals surface area contributed by atoms with Crippen LogP contribution in [0.4, 0.5) is 4.39 Å². The Morgan fingerprint density at radius 1 is 1.31 bits per heavy atom. The van der Waals surface area contributed by atoms with E-state index in [0.29, 0.717) is 4.90 Å². The summed E-state index contributed by atoms with van der Waals surface area (Å²) in [7, 11) is 0. The molecule has 82 valence electrons. The Morgan fingerprint density at radius 3 is 2.75 bits per heavy atom. The number of thiophene rings is 1. The molecule has 0 N–H and O–H groups in total. The Labute approximate surface area is 101 Å². The van der Waals surface area contributed by atoms with E-state index < -0.39 is 5.82 Å². The Bertz CT molecular complexity index is 506. The number of rotatable bonds is 3. The molecule has 0 saturated heterocycles. The highest BCUT2D eigenvalue weighted by Gasteiger charge is 2.13. The van der Waals surface area contributed by atoms with Crippen LogP contribution in [0.1, 0.15) is 17.3 Å². The van der Waals surface area contributed by atoms with Crippen LogP contribution in [0.15, 0.2) is 44.8 Å². The van der Waals surface area contributed by atoms with E-state index in [9.17, 15) is 9.18 Å². The molecule has 0 radical (unpaired) electrons. The number of carbonyl (C=O) groups is 1. The smallest absolute Gasteiger partial charge is 0.163 e. The minimum atomic E-state index is -0.450. The topological polar surface area (TPSA) is 17.1 Å². The van der Waals surface area contributed by atoms with Gasteiger partial charge in [-0.05, 0) is 30.5 Å². The van der Waals surface area contributed by atoms with Gasteiger partial charge in [0.15, 0.2) is 5.78 Å². The van der Waals surface area contributed by atoms with Gasteiger partial charge < -0.3 is 0 Å². The first-order valence-electron chi connectivity index (χ1n) is 4.69. The largest absolute Gasteiger partial charge is 0.294 e. The van der Waals surface area contributed by atoms with Gasteiger partial charge in [-0.25, -0.2) is 4.39 Å². The van der Waals surface area contributed by atoms with Crippen molar-refractivity contribution in [3.05, 3.63) is 47.1 Å². The lowest BCUT2D eigenvalue weighted by molar-refractivity contribution is 0.101. The Morgan fingerprint density at radius 2 is 2.12 bits per heavy atom. The molecule has 2 aromatic rings. The van der Waals surface area contributed by atoms with Gasteiger partial charge in [-0.2, -0.15) is 0 Å². The average molecular weight is 252 g/mol. The molecule has 0 spiro atoms. The molecule has 1 nitrogen and oxygen atoms in total. The molecule has 0 unspecified atom stereocenters. The quantitative estimate of drug-likeness (QED) is 0.760. The molecular formula is C12H9FOS2. The van der Waals surface area contributed by atoms with Crippen LogP contribution in [-0.4, -0.2) is 5.78 Å². The molecule has 1 heterocycles. The maximum Gasteiger partial charge on any atom is 0.163 e. The monoisotopic (exact) mass is 252 g/mol. The van der Waals surface area contributed by atoms with Crippen LogP contribution in [0, 0.1) is 5.82 Å². The zero-order chi connectivity index (χ0) is 11.5. The zero-order valence-corrected chi connectivity index (χ0v) is 10.2. The van der Waals surface area contributed by atoms with Crippen LogP contribution in [0.2, 0.25) is 0 Å². The molecule has 1 aromatic heterocycles. The van der Waals surface area contributed by atoms with Gasteiger partial charge in [-0.3, -0.25) is 4.79 Å². The minimum absolute atomic E-state index is 0.181. The van der Waals surface area contributed by atoms with Gasteiger partial charge in [0.2, 0.25) is 0 Å². The molecule has 0 amide bonds. The lowest BCUT2D eigenvalue weighted by Crippen LogP contribution is -1.99. The summed E-state index contributed by atoms with van der Waals surface area (Å²) in [6.07, 6.45) is 0. The predicted octanol–water partition coefficient (Wildman–Crippen LogP) is 4.24. The third-order valence-electron chi connectivity index (χ3n) is 2.03. The van der Waals surface area contributed by atoms with Crippen molar-refractivity contribution in [2.45, 2.75) is 16.0 Å². The van der Waals surface area contributed by atoms with Crippen molar-refractivity contribution < 1.29 is 9.18 Å². The highest BCUT2D eigenvalue weighted by molar-refractivity contribution is 8.01. The molecule has 0 aliphatic rings. The van der Waals surface area contributed by atoms with Crippen molar-refractivity contribution in [1.82, 2.24) is 0 Å². The highest BCUT2D eigenvalue weighted by atomic mass is 32.2. The second-order valence-electron chi connectivity index (χ2n) is 3.20. The van der Waals surface area contributed by atoms with E-state index in [0.717, 1.165) is 4.21 Å². The summed E-state index contributed by atoms with van der Waals surface area (Å²) in [5.74, 6) is -0.689. The van der Waals surface area contributed by atoms with Crippen LogP contribution in [0.5, 0.6) is 0 Å². The summed E-state index contributed by atoms with van der Waals surface area (Å²) >= 11 is 2.99. The van der Waals surface area contributed by atoms with E-state index in [2.05, 4.69) is 0 Å². The number of halogens is 1. The molecule has 0 bridgehead atoms. The zero-order valence-electron chi connectivity index (χ0n) is 8.57. The van der Waals surface area contributed by atoms with Crippen molar-refractivity contribution >= 4 is 28.9 Å². The van der Waals surface area contributed by atoms with Gasteiger partial charge in [0.25, 0.3) is 0 Å². The van der Waals surface area contributed by atoms with Crippen LogP contribution in [0.3, 0.4) is 0 Å². The summed E-state index contributed by atoms with van der Waals surface area (Å²) in [6.45, 7) is 1.39. The molecule has 0 atom stereocenters.